The van der Waals surface area contributed by atoms with Gasteiger partial charge in [-0.05, 0) is 25.8 Å². The number of amides is 1. The molecule has 1 amide bonds. The lowest BCUT2D eigenvalue weighted by atomic mass is 10.1. The molecule has 1 aromatic carbocycles. The van der Waals surface area contributed by atoms with Crippen LogP contribution in [0.3, 0.4) is 0 Å². The molecular formula is C16H21NO5. The first-order chi connectivity index (χ1) is 10.6. The molecule has 22 heavy (non-hydrogen) atoms. The molecule has 6 nitrogen and oxygen atoms in total. The molecule has 2 rings (SSSR count). The highest BCUT2D eigenvalue weighted by atomic mass is 16.6. The summed E-state index contributed by atoms with van der Waals surface area (Å²) in [4.78, 5) is 25.3. The Morgan fingerprint density at radius 3 is 2.91 bits per heavy atom. The fourth-order valence-electron chi connectivity index (χ4n) is 2.26. The number of nitrogens with zero attached hydrogens (tertiary/aromatic N) is 1. The van der Waals surface area contributed by atoms with Crippen molar-refractivity contribution in [1.82, 2.24) is 4.90 Å². The Morgan fingerprint density at radius 2 is 2.18 bits per heavy atom. The van der Waals surface area contributed by atoms with E-state index in [-0.39, 0.29) is 13.2 Å². The van der Waals surface area contributed by atoms with Crippen LogP contribution >= 0.6 is 0 Å². The van der Waals surface area contributed by atoms with Gasteiger partial charge in [0.05, 0.1) is 13.2 Å². The first-order valence-corrected chi connectivity index (χ1v) is 7.39. The molecule has 6 heteroatoms. The third kappa shape index (κ3) is 4.21. The minimum atomic E-state index is -1.02. The van der Waals surface area contributed by atoms with Crippen LogP contribution in [0.1, 0.15) is 24.5 Å². The second-order valence-corrected chi connectivity index (χ2v) is 5.07. The minimum Gasteiger partial charge on any atom is -0.463 e. The summed E-state index contributed by atoms with van der Waals surface area (Å²) >= 11 is 0. The maximum atomic E-state index is 12.2. The van der Waals surface area contributed by atoms with E-state index in [1.165, 1.54) is 4.90 Å². The molecule has 0 spiro atoms. The Hall–Kier alpha value is -2.08. The highest BCUT2D eigenvalue weighted by Gasteiger charge is 2.35. The number of rotatable bonds is 4. The van der Waals surface area contributed by atoms with E-state index in [1.807, 2.05) is 31.2 Å². The van der Waals surface area contributed by atoms with Crippen molar-refractivity contribution < 1.29 is 23.8 Å². The fraction of sp³-hybridized carbons (Fsp3) is 0.500. The summed E-state index contributed by atoms with van der Waals surface area (Å²) in [5, 5.41) is 0. The van der Waals surface area contributed by atoms with Gasteiger partial charge in [0.2, 0.25) is 6.23 Å². The summed E-state index contributed by atoms with van der Waals surface area (Å²) in [6, 6.07) is 7.71. The average Bonchev–Trinajstić information content (AvgIpc) is 2.53. The van der Waals surface area contributed by atoms with Crippen LogP contribution in [0.2, 0.25) is 0 Å². The van der Waals surface area contributed by atoms with Crippen LogP contribution in [0, 0.1) is 6.92 Å². The number of esters is 1. The Balaban J connectivity index is 1.95. The van der Waals surface area contributed by atoms with Crippen LogP contribution in [0.25, 0.3) is 0 Å². The van der Waals surface area contributed by atoms with Crippen LogP contribution < -0.4 is 0 Å². The van der Waals surface area contributed by atoms with Crippen LogP contribution in [0.4, 0.5) is 4.79 Å². The van der Waals surface area contributed by atoms with E-state index in [0.29, 0.717) is 19.6 Å². The molecule has 1 atom stereocenters. The van der Waals surface area contributed by atoms with Crippen molar-refractivity contribution in [2.75, 3.05) is 19.8 Å². The van der Waals surface area contributed by atoms with Crippen molar-refractivity contribution in [2.45, 2.75) is 33.1 Å². The normalized spacial score (nSPS) is 17.9. The standard InChI is InChI=1S/C16H21NO5/c1-3-20-15(18)14-17(8-5-9-21-14)16(19)22-11-13-7-4-6-12(2)10-13/h4,6-7,10,14H,3,5,8-9,11H2,1-2H3. The zero-order chi connectivity index (χ0) is 15.9. The van der Waals surface area contributed by atoms with Crippen molar-refractivity contribution in [2.24, 2.45) is 0 Å². The van der Waals surface area contributed by atoms with Gasteiger partial charge in [-0.25, -0.2) is 9.59 Å². The van der Waals surface area contributed by atoms with Gasteiger partial charge in [0.15, 0.2) is 0 Å². The van der Waals surface area contributed by atoms with E-state index in [1.54, 1.807) is 6.92 Å². The molecule has 120 valence electrons. The summed E-state index contributed by atoms with van der Waals surface area (Å²) < 4.78 is 15.6. The van der Waals surface area contributed by atoms with Crippen LogP contribution in [0.15, 0.2) is 24.3 Å². The van der Waals surface area contributed by atoms with E-state index in [4.69, 9.17) is 14.2 Å². The van der Waals surface area contributed by atoms with Crippen molar-refractivity contribution in [3.63, 3.8) is 0 Å². The Morgan fingerprint density at radius 1 is 1.36 bits per heavy atom. The number of benzene rings is 1. The van der Waals surface area contributed by atoms with Crippen molar-refractivity contribution in [1.29, 1.82) is 0 Å². The fourth-order valence-corrected chi connectivity index (χ4v) is 2.26. The average molecular weight is 307 g/mol. The number of hydrogen-bond donors (Lipinski definition) is 0. The monoisotopic (exact) mass is 307 g/mol. The van der Waals surface area contributed by atoms with E-state index < -0.39 is 18.3 Å². The van der Waals surface area contributed by atoms with Gasteiger partial charge < -0.3 is 14.2 Å². The first kappa shape index (κ1) is 16.3. The molecule has 0 saturated carbocycles. The molecule has 1 fully saturated rings. The SMILES string of the molecule is CCOC(=O)C1OCCCN1C(=O)OCc1cccc(C)c1. The Bertz CT molecular complexity index is 531. The van der Waals surface area contributed by atoms with Crippen LogP contribution in [-0.2, 0) is 25.6 Å². The molecule has 1 unspecified atom stereocenters. The van der Waals surface area contributed by atoms with Gasteiger partial charge in [-0.3, -0.25) is 4.90 Å². The van der Waals surface area contributed by atoms with Gasteiger partial charge in [0.25, 0.3) is 0 Å². The quantitative estimate of drug-likeness (QED) is 0.798. The summed E-state index contributed by atoms with van der Waals surface area (Å²) in [6.07, 6.45) is -0.923. The topological polar surface area (TPSA) is 65.1 Å². The molecule has 1 saturated heterocycles. The summed E-state index contributed by atoms with van der Waals surface area (Å²) in [5.74, 6) is -0.560. The van der Waals surface area contributed by atoms with E-state index in [0.717, 1.165) is 11.1 Å². The van der Waals surface area contributed by atoms with Crippen molar-refractivity contribution in [3.8, 4) is 0 Å². The molecular weight excluding hydrogens is 286 g/mol. The van der Waals surface area contributed by atoms with Gasteiger partial charge in [-0.1, -0.05) is 29.8 Å². The second kappa shape index (κ2) is 7.79. The maximum absolute atomic E-state index is 12.2. The smallest absolute Gasteiger partial charge is 0.412 e. The molecule has 0 aromatic heterocycles. The van der Waals surface area contributed by atoms with Gasteiger partial charge >= 0.3 is 12.1 Å². The predicted molar refractivity (Wildman–Crippen MR) is 79.1 cm³/mol. The Labute approximate surface area is 129 Å². The van der Waals surface area contributed by atoms with E-state index in [2.05, 4.69) is 0 Å². The first-order valence-electron chi connectivity index (χ1n) is 7.39. The predicted octanol–water partition coefficient (Wildman–Crippen LogP) is 2.24. The number of hydrogen-bond acceptors (Lipinski definition) is 5. The molecule has 1 aliphatic heterocycles. The highest BCUT2D eigenvalue weighted by Crippen LogP contribution is 2.15. The molecule has 0 radical (unpaired) electrons. The number of aryl methyl sites for hydroxylation is 1. The van der Waals surface area contributed by atoms with Gasteiger partial charge in [0, 0.05) is 6.54 Å². The van der Waals surface area contributed by atoms with Gasteiger partial charge in [-0.15, -0.1) is 0 Å². The maximum Gasteiger partial charge on any atom is 0.412 e. The van der Waals surface area contributed by atoms with Crippen molar-refractivity contribution in [3.05, 3.63) is 35.4 Å². The third-order valence-corrected chi connectivity index (χ3v) is 3.27. The van der Waals surface area contributed by atoms with E-state index in [9.17, 15) is 9.59 Å². The minimum absolute atomic E-state index is 0.159. The lowest BCUT2D eigenvalue weighted by Gasteiger charge is -2.32. The van der Waals surface area contributed by atoms with Crippen LogP contribution in [0.5, 0.6) is 0 Å². The summed E-state index contributed by atoms with van der Waals surface area (Å²) in [5.41, 5.74) is 2.00. The largest absolute Gasteiger partial charge is 0.463 e. The Kier molecular flexibility index (Phi) is 5.77. The molecule has 0 bridgehead atoms. The van der Waals surface area contributed by atoms with Gasteiger partial charge in [-0.2, -0.15) is 0 Å². The molecule has 0 aliphatic carbocycles. The number of carbonyl (C=O) groups is 2. The molecule has 1 aliphatic rings. The zero-order valence-corrected chi connectivity index (χ0v) is 12.9. The molecule has 1 aromatic rings. The third-order valence-electron chi connectivity index (χ3n) is 3.27. The molecule has 0 N–H and O–H groups in total. The molecule has 1 heterocycles. The van der Waals surface area contributed by atoms with Gasteiger partial charge in [0.1, 0.15) is 6.61 Å². The number of carbonyl (C=O) groups excluding carboxylic acids is 2. The lowest BCUT2D eigenvalue weighted by molar-refractivity contribution is -0.174. The highest BCUT2D eigenvalue weighted by molar-refractivity contribution is 5.80. The lowest BCUT2D eigenvalue weighted by Crippen LogP contribution is -2.51. The summed E-state index contributed by atoms with van der Waals surface area (Å²) in [6.45, 7) is 4.92. The van der Waals surface area contributed by atoms with Crippen molar-refractivity contribution >= 4 is 12.1 Å². The second-order valence-electron chi connectivity index (χ2n) is 5.07. The van der Waals surface area contributed by atoms with Crippen LogP contribution in [-0.4, -0.2) is 42.9 Å². The van der Waals surface area contributed by atoms with E-state index >= 15 is 0 Å². The number of ether oxygens (including phenoxy) is 3. The summed E-state index contributed by atoms with van der Waals surface area (Å²) in [7, 11) is 0. The zero-order valence-electron chi connectivity index (χ0n) is 12.9.